The van der Waals surface area contributed by atoms with Gasteiger partial charge in [-0.15, -0.1) is 0 Å². The van der Waals surface area contributed by atoms with Crippen molar-refractivity contribution in [3.8, 4) is 5.75 Å². The third kappa shape index (κ3) is 11.2. The molecular weight excluding hydrogens is 442 g/mol. The van der Waals surface area contributed by atoms with Gasteiger partial charge in [0.05, 0.1) is 0 Å². The minimum Gasteiger partial charge on any atom is -0.410 e. The minimum atomic E-state index is -0.405. The lowest BCUT2D eigenvalue weighted by atomic mass is 9.95. The molecule has 0 saturated heterocycles. The third-order valence-electron chi connectivity index (χ3n) is 7.35. The number of carbonyl (C=O) groups is 1. The summed E-state index contributed by atoms with van der Waals surface area (Å²) in [6.07, 6.45) is 19.8. The zero-order chi connectivity index (χ0) is 26.0. The van der Waals surface area contributed by atoms with Crippen LogP contribution in [0.2, 0.25) is 0 Å². The van der Waals surface area contributed by atoms with Crippen LogP contribution < -0.4 is 10.1 Å². The number of nitrogens with one attached hydrogen (secondary N) is 1. The number of hydrogen-bond donors (Lipinski definition) is 1. The Morgan fingerprint density at radius 1 is 0.694 bits per heavy atom. The topological polar surface area (TPSA) is 38.3 Å². The number of aryl methyl sites for hydroxylation is 2. The van der Waals surface area contributed by atoms with E-state index in [1.165, 1.54) is 94.6 Å². The maximum atomic E-state index is 12.8. The smallest absolute Gasteiger partial charge is 0.410 e. The van der Waals surface area contributed by atoms with Crippen molar-refractivity contribution < 1.29 is 9.53 Å². The highest BCUT2D eigenvalue weighted by molar-refractivity contribution is 5.87. The first-order valence-corrected chi connectivity index (χ1v) is 14.7. The number of rotatable bonds is 18. The first-order valence-electron chi connectivity index (χ1n) is 14.7. The van der Waals surface area contributed by atoms with Crippen molar-refractivity contribution in [1.82, 2.24) is 0 Å². The Hall–Kier alpha value is -2.29. The lowest BCUT2D eigenvalue weighted by Crippen LogP contribution is -2.18. The predicted octanol–water partition coefficient (Wildman–Crippen LogP) is 10.5. The number of hydrogen-bond acceptors (Lipinski definition) is 2. The van der Waals surface area contributed by atoms with Crippen LogP contribution in [0.5, 0.6) is 5.75 Å². The summed E-state index contributed by atoms with van der Waals surface area (Å²) in [5.41, 5.74) is 5.63. The molecule has 0 saturated carbocycles. The second-order valence-corrected chi connectivity index (χ2v) is 10.4. The average molecular weight is 494 g/mol. The van der Waals surface area contributed by atoms with Crippen molar-refractivity contribution in [2.24, 2.45) is 0 Å². The molecule has 0 bridgehead atoms. The van der Waals surface area contributed by atoms with Crippen LogP contribution >= 0.6 is 0 Å². The van der Waals surface area contributed by atoms with Crippen molar-refractivity contribution in [1.29, 1.82) is 0 Å². The fraction of sp³-hybridized carbons (Fsp3) is 0.606. The highest BCUT2D eigenvalue weighted by Gasteiger charge is 2.14. The van der Waals surface area contributed by atoms with E-state index in [9.17, 15) is 4.79 Å². The van der Waals surface area contributed by atoms with Gasteiger partial charge >= 0.3 is 6.09 Å². The molecule has 0 aliphatic heterocycles. The van der Waals surface area contributed by atoms with Crippen LogP contribution in [-0.2, 0) is 12.8 Å². The van der Waals surface area contributed by atoms with E-state index in [0.29, 0.717) is 0 Å². The Balaban J connectivity index is 2.01. The van der Waals surface area contributed by atoms with Gasteiger partial charge < -0.3 is 4.74 Å². The van der Waals surface area contributed by atoms with Gasteiger partial charge in [-0.05, 0) is 73.9 Å². The van der Waals surface area contributed by atoms with E-state index < -0.39 is 6.09 Å². The number of anilines is 1. The van der Waals surface area contributed by atoms with Gasteiger partial charge in [-0.25, -0.2) is 4.79 Å². The summed E-state index contributed by atoms with van der Waals surface area (Å²) in [5, 5.41) is 2.96. The molecule has 0 heterocycles. The van der Waals surface area contributed by atoms with Crippen molar-refractivity contribution in [3.05, 3.63) is 58.7 Å². The number of benzene rings is 2. The lowest BCUT2D eigenvalue weighted by Gasteiger charge is -2.16. The van der Waals surface area contributed by atoms with E-state index in [2.05, 4.69) is 38.2 Å². The van der Waals surface area contributed by atoms with Crippen LogP contribution in [0.3, 0.4) is 0 Å². The molecule has 3 nitrogen and oxygen atoms in total. The first-order chi connectivity index (χ1) is 17.6. The molecule has 2 aromatic rings. The van der Waals surface area contributed by atoms with Crippen molar-refractivity contribution >= 4 is 11.8 Å². The van der Waals surface area contributed by atoms with Gasteiger partial charge in [-0.3, -0.25) is 5.32 Å². The van der Waals surface area contributed by atoms with Crippen LogP contribution in [0.4, 0.5) is 10.5 Å². The van der Waals surface area contributed by atoms with Gasteiger partial charge in [-0.1, -0.05) is 115 Å². The Labute approximate surface area is 221 Å². The summed E-state index contributed by atoms with van der Waals surface area (Å²) in [6.45, 7) is 8.61. The van der Waals surface area contributed by atoms with Crippen LogP contribution in [0, 0.1) is 13.8 Å². The molecule has 36 heavy (non-hydrogen) atoms. The van der Waals surface area contributed by atoms with Crippen molar-refractivity contribution in [2.45, 2.75) is 130 Å². The molecule has 0 aliphatic carbocycles. The second kappa shape index (κ2) is 18.0. The van der Waals surface area contributed by atoms with E-state index in [-0.39, 0.29) is 0 Å². The second-order valence-electron chi connectivity index (χ2n) is 10.4. The van der Waals surface area contributed by atoms with Crippen molar-refractivity contribution in [3.63, 3.8) is 0 Å². The Morgan fingerprint density at radius 2 is 1.25 bits per heavy atom. The molecule has 0 unspecified atom stereocenters. The van der Waals surface area contributed by atoms with Gasteiger partial charge in [0.2, 0.25) is 0 Å². The molecule has 200 valence electrons. The maximum absolute atomic E-state index is 12.8. The fourth-order valence-electron chi connectivity index (χ4n) is 4.88. The zero-order valence-corrected chi connectivity index (χ0v) is 23.6. The molecule has 3 heteroatoms. The zero-order valence-electron chi connectivity index (χ0n) is 23.6. The Kier molecular flexibility index (Phi) is 15.0. The lowest BCUT2D eigenvalue weighted by molar-refractivity contribution is 0.214. The molecule has 0 aromatic heterocycles. The molecule has 0 atom stereocenters. The highest BCUT2D eigenvalue weighted by Crippen LogP contribution is 2.28. The summed E-state index contributed by atoms with van der Waals surface area (Å²) < 4.78 is 5.92. The summed E-state index contributed by atoms with van der Waals surface area (Å²) in [5.74, 6) is 0.726. The van der Waals surface area contributed by atoms with Crippen LogP contribution in [0.1, 0.15) is 126 Å². The summed E-state index contributed by atoms with van der Waals surface area (Å²) in [7, 11) is 0. The van der Waals surface area contributed by atoms with E-state index in [4.69, 9.17) is 4.74 Å². The molecule has 0 radical (unpaired) electrons. The van der Waals surface area contributed by atoms with Gasteiger partial charge in [0.25, 0.3) is 0 Å². The maximum Gasteiger partial charge on any atom is 0.417 e. The van der Waals surface area contributed by atoms with Crippen LogP contribution in [0.25, 0.3) is 0 Å². The highest BCUT2D eigenvalue weighted by atomic mass is 16.6. The minimum absolute atomic E-state index is 0.405. The van der Waals surface area contributed by atoms with Crippen molar-refractivity contribution in [2.75, 3.05) is 5.32 Å². The molecule has 2 aromatic carbocycles. The van der Waals surface area contributed by atoms with Gasteiger partial charge in [-0.2, -0.15) is 0 Å². The van der Waals surface area contributed by atoms with Gasteiger partial charge in [0, 0.05) is 5.69 Å². The molecule has 0 fully saturated rings. The molecule has 2 rings (SSSR count). The van der Waals surface area contributed by atoms with Crippen LogP contribution in [-0.4, -0.2) is 6.09 Å². The average Bonchev–Trinajstić information content (AvgIpc) is 2.87. The van der Waals surface area contributed by atoms with E-state index in [0.717, 1.165) is 41.8 Å². The first kappa shape index (κ1) is 29.9. The van der Waals surface area contributed by atoms with Gasteiger partial charge in [0.15, 0.2) is 0 Å². The quantitative estimate of drug-likeness (QED) is 0.210. The monoisotopic (exact) mass is 493 g/mol. The standard InChI is InChI=1S/C33H51NO2/c1-5-7-9-11-13-15-17-22-29-23-20-26-32(30(29)24-18-16-14-12-10-8-6-2)36-33(35)34-31-25-19-21-27(3)28(31)4/h19-21,23,25-26H,5-18,22,24H2,1-4H3,(H,34,35). The largest absolute Gasteiger partial charge is 0.417 e. The Morgan fingerprint density at radius 3 is 1.89 bits per heavy atom. The predicted molar refractivity (Wildman–Crippen MR) is 155 cm³/mol. The summed E-state index contributed by atoms with van der Waals surface area (Å²) in [4.78, 5) is 12.8. The van der Waals surface area contributed by atoms with E-state index >= 15 is 0 Å². The van der Waals surface area contributed by atoms with E-state index in [1.807, 2.05) is 31.2 Å². The fourth-order valence-corrected chi connectivity index (χ4v) is 4.88. The number of ether oxygens (including phenoxy) is 1. The summed E-state index contributed by atoms with van der Waals surface area (Å²) in [6, 6.07) is 12.2. The molecule has 0 aliphatic rings. The number of carbonyl (C=O) groups excluding carboxylic acids is 1. The number of unbranched alkanes of at least 4 members (excludes halogenated alkanes) is 12. The third-order valence-corrected chi connectivity index (χ3v) is 7.35. The SMILES string of the molecule is CCCCCCCCCc1cccc(OC(=O)Nc2cccc(C)c2C)c1CCCCCCCCC. The number of amides is 1. The molecule has 1 N–H and O–H groups in total. The normalized spacial score (nSPS) is 11.0. The molecule has 0 spiro atoms. The molecular formula is C33H51NO2. The Bertz CT molecular complexity index is 889. The van der Waals surface area contributed by atoms with Crippen LogP contribution in [0.15, 0.2) is 36.4 Å². The summed E-state index contributed by atoms with van der Waals surface area (Å²) >= 11 is 0. The van der Waals surface area contributed by atoms with E-state index in [1.54, 1.807) is 0 Å². The van der Waals surface area contributed by atoms with Gasteiger partial charge in [0.1, 0.15) is 5.75 Å². The molecule has 1 amide bonds.